The molecule has 0 radical (unpaired) electrons. The van der Waals surface area contributed by atoms with Crippen LogP contribution in [0.15, 0.2) is 54.6 Å². The van der Waals surface area contributed by atoms with Gasteiger partial charge < -0.3 is 4.90 Å². The van der Waals surface area contributed by atoms with E-state index in [1.54, 1.807) is 0 Å². The molecule has 26 heavy (non-hydrogen) atoms. The number of benzene rings is 2. The van der Waals surface area contributed by atoms with Crippen molar-refractivity contribution in [1.82, 2.24) is 0 Å². The lowest BCUT2D eigenvalue weighted by molar-refractivity contribution is 0.577. The molecule has 3 heteroatoms. The van der Waals surface area contributed by atoms with E-state index in [1.807, 2.05) is 23.5 Å². The maximum atomic E-state index is 6.06. The smallest absolute Gasteiger partial charge is 0.0517 e. The second-order valence-electron chi connectivity index (χ2n) is 7.14. The fourth-order valence-electron chi connectivity index (χ4n) is 3.60. The van der Waals surface area contributed by atoms with Gasteiger partial charge in [0.25, 0.3) is 0 Å². The van der Waals surface area contributed by atoms with Crippen molar-refractivity contribution in [3.8, 4) is 10.4 Å². The van der Waals surface area contributed by atoms with Crippen molar-refractivity contribution in [3.05, 3.63) is 75.6 Å². The Labute approximate surface area is 165 Å². The molecule has 0 atom stereocenters. The largest absolute Gasteiger partial charge is 0.371 e. The maximum absolute atomic E-state index is 6.06. The van der Waals surface area contributed by atoms with Crippen LogP contribution in [0.25, 0.3) is 10.4 Å². The number of aryl methyl sites for hydroxylation is 1. The molecule has 4 rings (SSSR count). The number of nitrogens with zero attached hydrogens (tertiary/aromatic N) is 1. The average Bonchev–Trinajstić information content (AvgIpc) is 3.09. The molecule has 2 heterocycles. The van der Waals surface area contributed by atoms with E-state index in [-0.39, 0.29) is 0 Å². The summed E-state index contributed by atoms with van der Waals surface area (Å²) in [4.78, 5) is 5.42. The Morgan fingerprint density at radius 2 is 1.62 bits per heavy atom. The molecule has 1 aliphatic rings. The molecule has 0 saturated carbocycles. The first-order valence-corrected chi connectivity index (χ1v) is 10.6. The van der Waals surface area contributed by atoms with Crippen LogP contribution in [0.3, 0.4) is 0 Å². The number of piperidine rings is 1. The van der Waals surface area contributed by atoms with Gasteiger partial charge in [0.2, 0.25) is 0 Å². The van der Waals surface area contributed by atoms with Crippen molar-refractivity contribution in [2.45, 2.75) is 32.6 Å². The highest BCUT2D eigenvalue weighted by molar-refractivity contribution is 7.16. The second-order valence-corrected chi connectivity index (χ2v) is 8.71. The molecular formula is C23H24ClNS. The molecular weight excluding hydrogens is 358 g/mol. The Bertz CT molecular complexity index is 858. The van der Waals surface area contributed by atoms with Crippen LogP contribution >= 0.6 is 22.9 Å². The van der Waals surface area contributed by atoms with Crippen LogP contribution in [0.1, 0.15) is 35.3 Å². The van der Waals surface area contributed by atoms with Crippen molar-refractivity contribution in [2.75, 3.05) is 18.0 Å². The number of hydrogen-bond acceptors (Lipinski definition) is 2. The molecule has 0 N–H and O–H groups in total. The van der Waals surface area contributed by atoms with Crippen molar-refractivity contribution in [3.63, 3.8) is 0 Å². The molecule has 1 nitrogen and oxygen atoms in total. The molecule has 0 spiro atoms. The predicted octanol–water partition coefficient (Wildman–Crippen LogP) is 6.96. The zero-order valence-electron chi connectivity index (χ0n) is 15.2. The summed E-state index contributed by atoms with van der Waals surface area (Å²) in [5.41, 5.74) is 5.38. The molecule has 0 amide bonds. The molecule has 1 aromatic heterocycles. The van der Waals surface area contributed by atoms with Gasteiger partial charge in [0.1, 0.15) is 0 Å². The van der Waals surface area contributed by atoms with Crippen LogP contribution in [0.5, 0.6) is 0 Å². The lowest BCUT2D eigenvalue weighted by atomic mass is 10.1. The highest BCUT2D eigenvalue weighted by atomic mass is 35.5. The molecule has 0 bridgehead atoms. The standard InChI is InChI=1S/C23H24ClNS/c1-17-5-9-19(10-6-17)22-16-21(25-13-3-2-4-14-25)23(26-22)15-18-7-11-20(24)12-8-18/h5-12,16H,2-4,13-15H2,1H3. The van der Waals surface area contributed by atoms with Crippen LogP contribution in [0, 0.1) is 6.92 Å². The molecule has 134 valence electrons. The summed E-state index contributed by atoms with van der Waals surface area (Å²) in [6, 6.07) is 19.6. The highest BCUT2D eigenvalue weighted by Gasteiger charge is 2.18. The van der Waals surface area contributed by atoms with Gasteiger partial charge in [-0.15, -0.1) is 11.3 Å². The van der Waals surface area contributed by atoms with Crippen LogP contribution in [0.4, 0.5) is 5.69 Å². The minimum atomic E-state index is 0.802. The van der Waals surface area contributed by atoms with E-state index in [2.05, 4.69) is 54.3 Å². The van der Waals surface area contributed by atoms with Crippen LogP contribution in [-0.2, 0) is 6.42 Å². The van der Waals surface area contributed by atoms with Gasteiger partial charge in [-0.25, -0.2) is 0 Å². The Morgan fingerprint density at radius 3 is 2.31 bits per heavy atom. The maximum Gasteiger partial charge on any atom is 0.0517 e. The third-order valence-corrected chi connectivity index (χ3v) is 6.52. The normalized spacial score (nSPS) is 14.6. The number of thiophene rings is 1. The van der Waals surface area contributed by atoms with E-state index in [0.29, 0.717) is 0 Å². The van der Waals surface area contributed by atoms with Gasteiger partial charge in [0, 0.05) is 34.3 Å². The van der Waals surface area contributed by atoms with Gasteiger partial charge in [-0.1, -0.05) is 53.6 Å². The Balaban J connectivity index is 1.69. The van der Waals surface area contributed by atoms with Crippen molar-refractivity contribution in [1.29, 1.82) is 0 Å². The van der Waals surface area contributed by atoms with E-state index < -0.39 is 0 Å². The van der Waals surface area contributed by atoms with Crippen LogP contribution < -0.4 is 4.90 Å². The van der Waals surface area contributed by atoms with E-state index >= 15 is 0 Å². The van der Waals surface area contributed by atoms with E-state index in [4.69, 9.17) is 11.6 Å². The number of hydrogen-bond donors (Lipinski definition) is 0. The molecule has 0 unspecified atom stereocenters. The number of rotatable bonds is 4. The first kappa shape index (κ1) is 17.6. The molecule has 1 fully saturated rings. The fourth-order valence-corrected chi connectivity index (χ4v) is 4.94. The second kappa shape index (κ2) is 7.85. The van der Waals surface area contributed by atoms with Gasteiger partial charge in [0.05, 0.1) is 5.69 Å². The van der Waals surface area contributed by atoms with Gasteiger partial charge >= 0.3 is 0 Å². The van der Waals surface area contributed by atoms with Gasteiger partial charge in [-0.05, 0) is 55.5 Å². The lowest BCUT2D eigenvalue weighted by Gasteiger charge is -2.29. The Hall–Kier alpha value is -1.77. The molecule has 2 aromatic carbocycles. The summed E-state index contributed by atoms with van der Waals surface area (Å²) in [5.74, 6) is 0. The van der Waals surface area contributed by atoms with Crippen molar-refractivity contribution < 1.29 is 0 Å². The minimum Gasteiger partial charge on any atom is -0.371 e. The summed E-state index contributed by atoms with van der Waals surface area (Å²) in [6.07, 6.45) is 4.93. The van der Waals surface area contributed by atoms with Gasteiger partial charge in [-0.3, -0.25) is 0 Å². The van der Waals surface area contributed by atoms with Crippen molar-refractivity contribution >= 4 is 28.6 Å². The third kappa shape index (κ3) is 3.97. The fraction of sp³-hybridized carbons (Fsp3) is 0.304. The summed E-state index contributed by atoms with van der Waals surface area (Å²) < 4.78 is 0. The zero-order valence-corrected chi connectivity index (χ0v) is 16.7. The molecule has 0 aliphatic carbocycles. The van der Waals surface area contributed by atoms with E-state index in [0.717, 1.165) is 11.4 Å². The number of anilines is 1. The Kier molecular flexibility index (Phi) is 5.33. The third-order valence-electron chi connectivity index (χ3n) is 5.10. The average molecular weight is 382 g/mol. The Morgan fingerprint density at radius 1 is 0.923 bits per heavy atom. The lowest BCUT2D eigenvalue weighted by Crippen LogP contribution is -2.29. The monoisotopic (exact) mass is 381 g/mol. The van der Waals surface area contributed by atoms with E-state index in [1.165, 1.54) is 64.5 Å². The summed E-state index contributed by atoms with van der Waals surface area (Å²) in [6.45, 7) is 4.50. The summed E-state index contributed by atoms with van der Waals surface area (Å²) in [5, 5.41) is 0.802. The summed E-state index contributed by atoms with van der Waals surface area (Å²) >= 11 is 8.00. The molecule has 1 aliphatic heterocycles. The van der Waals surface area contributed by atoms with Crippen LogP contribution in [0.2, 0.25) is 5.02 Å². The molecule has 1 saturated heterocycles. The SMILES string of the molecule is Cc1ccc(-c2cc(N3CCCCC3)c(Cc3ccc(Cl)cc3)s2)cc1. The minimum absolute atomic E-state index is 0.802. The first-order valence-electron chi connectivity index (χ1n) is 9.38. The van der Waals surface area contributed by atoms with Gasteiger partial charge in [-0.2, -0.15) is 0 Å². The van der Waals surface area contributed by atoms with Crippen LogP contribution in [-0.4, -0.2) is 13.1 Å². The quantitative estimate of drug-likeness (QED) is 0.472. The predicted molar refractivity (Wildman–Crippen MR) is 115 cm³/mol. The molecule has 3 aromatic rings. The van der Waals surface area contributed by atoms with Gasteiger partial charge in [0.15, 0.2) is 0 Å². The first-order chi connectivity index (χ1) is 12.7. The van der Waals surface area contributed by atoms with E-state index in [9.17, 15) is 0 Å². The topological polar surface area (TPSA) is 3.24 Å². The summed E-state index contributed by atoms with van der Waals surface area (Å²) in [7, 11) is 0. The number of halogens is 1. The zero-order chi connectivity index (χ0) is 17.9. The highest BCUT2D eigenvalue weighted by Crippen LogP contribution is 2.39. The van der Waals surface area contributed by atoms with Crippen molar-refractivity contribution in [2.24, 2.45) is 0 Å².